The lowest BCUT2D eigenvalue weighted by atomic mass is 10.3. The van der Waals surface area contributed by atoms with Gasteiger partial charge in [0.25, 0.3) is 5.56 Å². The van der Waals surface area contributed by atoms with Crippen LogP contribution in [-0.4, -0.2) is 14.3 Å². The van der Waals surface area contributed by atoms with Gasteiger partial charge in [-0.25, -0.2) is 4.79 Å². The first-order valence-corrected chi connectivity index (χ1v) is 5.97. The number of fused-ring (bicyclic) bond motifs is 1. The molecule has 1 N–H and O–H groups in total. The Morgan fingerprint density at radius 2 is 1.80 bits per heavy atom. The van der Waals surface area contributed by atoms with Crippen molar-refractivity contribution in [2.24, 2.45) is 14.1 Å². The van der Waals surface area contributed by atoms with Crippen molar-refractivity contribution in [1.29, 1.82) is 0 Å². The van der Waals surface area contributed by atoms with Gasteiger partial charge in [-0.3, -0.25) is 13.9 Å². The molecule has 7 nitrogen and oxygen atoms in total. The lowest BCUT2D eigenvalue weighted by Gasteiger charge is -2.03. The van der Waals surface area contributed by atoms with Crippen LogP contribution < -0.4 is 16.6 Å². The van der Waals surface area contributed by atoms with Crippen molar-refractivity contribution in [3.63, 3.8) is 0 Å². The van der Waals surface area contributed by atoms with Crippen LogP contribution in [0.2, 0.25) is 0 Å². The van der Waals surface area contributed by atoms with E-state index in [1.165, 1.54) is 18.7 Å². The first-order valence-electron chi connectivity index (χ1n) is 5.97. The normalized spacial score (nSPS) is 10.9. The summed E-state index contributed by atoms with van der Waals surface area (Å²) in [6.07, 6.45) is 0. The maximum Gasteiger partial charge on any atom is 0.333 e. The summed E-state index contributed by atoms with van der Waals surface area (Å²) in [6, 6.07) is 9.28. The van der Waals surface area contributed by atoms with Crippen molar-refractivity contribution in [3.05, 3.63) is 51.2 Å². The van der Waals surface area contributed by atoms with Gasteiger partial charge in [0.05, 0.1) is 0 Å². The fourth-order valence-electron chi connectivity index (χ4n) is 2.01. The van der Waals surface area contributed by atoms with E-state index in [4.69, 9.17) is 4.52 Å². The molecule has 0 radical (unpaired) electrons. The summed E-state index contributed by atoms with van der Waals surface area (Å²) in [5.41, 5.74) is 0.0304. The van der Waals surface area contributed by atoms with Gasteiger partial charge in [-0.2, -0.15) is 0 Å². The lowest BCUT2D eigenvalue weighted by molar-refractivity contribution is 0.437. The molecule has 3 aromatic rings. The van der Waals surface area contributed by atoms with Gasteiger partial charge in [0.15, 0.2) is 5.82 Å². The van der Waals surface area contributed by atoms with Crippen molar-refractivity contribution in [2.75, 3.05) is 5.32 Å². The van der Waals surface area contributed by atoms with E-state index >= 15 is 0 Å². The van der Waals surface area contributed by atoms with Gasteiger partial charge < -0.3 is 9.84 Å². The number of nitrogens with one attached hydrogen (secondary N) is 1. The van der Waals surface area contributed by atoms with E-state index in [-0.39, 0.29) is 11.1 Å². The molecule has 0 unspecified atom stereocenters. The van der Waals surface area contributed by atoms with Crippen LogP contribution in [0.5, 0.6) is 0 Å². The van der Waals surface area contributed by atoms with Gasteiger partial charge in [-0.15, -0.1) is 0 Å². The molecule has 2 aromatic heterocycles. The minimum absolute atomic E-state index is 0.150. The van der Waals surface area contributed by atoms with Crippen LogP contribution in [0.25, 0.3) is 11.1 Å². The minimum Gasteiger partial charge on any atom is -0.337 e. The molecule has 1 aromatic carbocycles. The Balaban J connectivity index is 2.24. The van der Waals surface area contributed by atoms with E-state index in [9.17, 15) is 9.59 Å². The molecule has 0 spiro atoms. The third-order valence-electron chi connectivity index (χ3n) is 3.11. The number of benzene rings is 1. The third kappa shape index (κ3) is 1.71. The largest absolute Gasteiger partial charge is 0.337 e. The van der Waals surface area contributed by atoms with Crippen LogP contribution >= 0.6 is 0 Å². The number of nitrogens with zero attached hydrogens (tertiary/aromatic N) is 3. The molecule has 0 bridgehead atoms. The Morgan fingerprint density at radius 3 is 2.50 bits per heavy atom. The smallest absolute Gasteiger partial charge is 0.333 e. The second-order valence-corrected chi connectivity index (χ2v) is 4.41. The number of aromatic nitrogens is 3. The summed E-state index contributed by atoms with van der Waals surface area (Å²) in [6.45, 7) is 0. The molecule has 0 fully saturated rings. The van der Waals surface area contributed by atoms with Crippen LogP contribution in [0.3, 0.4) is 0 Å². The summed E-state index contributed by atoms with van der Waals surface area (Å²) in [4.78, 5) is 24.0. The average Bonchev–Trinajstić information content (AvgIpc) is 2.88. The molecule has 0 atom stereocenters. The Morgan fingerprint density at radius 1 is 1.10 bits per heavy atom. The summed E-state index contributed by atoms with van der Waals surface area (Å²) in [5, 5.41) is 7.09. The summed E-state index contributed by atoms with van der Waals surface area (Å²) < 4.78 is 7.38. The van der Waals surface area contributed by atoms with Crippen LogP contribution in [0.4, 0.5) is 11.5 Å². The fraction of sp³-hybridized carbons (Fsp3) is 0.154. The first kappa shape index (κ1) is 12.2. The minimum atomic E-state index is -0.454. The van der Waals surface area contributed by atoms with Gasteiger partial charge in [-0.05, 0) is 12.1 Å². The van der Waals surface area contributed by atoms with Gasteiger partial charge in [0.1, 0.15) is 5.39 Å². The molecule has 7 heteroatoms. The van der Waals surface area contributed by atoms with Gasteiger partial charge in [0, 0.05) is 19.8 Å². The highest BCUT2D eigenvalue weighted by atomic mass is 16.5. The molecule has 20 heavy (non-hydrogen) atoms. The predicted molar refractivity (Wildman–Crippen MR) is 74.2 cm³/mol. The quantitative estimate of drug-likeness (QED) is 0.751. The zero-order chi connectivity index (χ0) is 14.3. The average molecular weight is 272 g/mol. The second kappa shape index (κ2) is 4.37. The predicted octanol–water partition coefficient (Wildman–Crippen LogP) is 0.969. The molecular weight excluding hydrogens is 260 g/mol. The van der Waals surface area contributed by atoms with E-state index in [0.29, 0.717) is 5.82 Å². The number of anilines is 2. The number of para-hydroxylation sites is 1. The maximum atomic E-state index is 12.2. The van der Waals surface area contributed by atoms with Crippen LogP contribution in [0.15, 0.2) is 44.4 Å². The summed E-state index contributed by atoms with van der Waals surface area (Å²) in [7, 11) is 2.95. The van der Waals surface area contributed by atoms with Crippen molar-refractivity contribution in [2.45, 2.75) is 0 Å². The van der Waals surface area contributed by atoms with Gasteiger partial charge in [-0.1, -0.05) is 23.4 Å². The highest BCUT2D eigenvalue weighted by Crippen LogP contribution is 2.21. The molecule has 0 saturated carbocycles. The number of hydrogen-bond acceptors (Lipinski definition) is 5. The van der Waals surface area contributed by atoms with Crippen molar-refractivity contribution in [3.8, 4) is 0 Å². The molecule has 2 heterocycles. The standard InChI is InChI=1S/C13H12N4O3/c1-16-11(18)9-10(14-8-6-4-3-5-7-8)15-20-12(9)17(2)13(16)19/h3-7H,1-2H3,(H,14,15). The zero-order valence-electron chi connectivity index (χ0n) is 11.0. The van der Waals surface area contributed by atoms with Crippen LogP contribution in [-0.2, 0) is 14.1 Å². The lowest BCUT2D eigenvalue weighted by Crippen LogP contribution is -2.36. The van der Waals surface area contributed by atoms with Crippen LogP contribution in [0, 0.1) is 0 Å². The zero-order valence-corrected chi connectivity index (χ0v) is 11.0. The van der Waals surface area contributed by atoms with Gasteiger partial charge in [0.2, 0.25) is 5.71 Å². The molecule has 0 aliphatic rings. The second-order valence-electron chi connectivity index (χ2n) is 4.41. The van der Waals surface area contributed by atoms with Crippen molar-refractivity contribution >= 4 is 22.6 Å². The maximum absolute atomic E-state index is 12.2. The number of rotatable bonds is 2. The molecule has 0 aliphatic heterocycles. The number of hydrogen-bond donors (Lipinski definition) is 1. The Labute approximate surface area is 113 Å². The Bertz CT molecular complexity index is 890. The van der Waals surface area contributed by atoms with E-state index < -0.39 is 11.2 Å². The monoisotopic (exact) mass is 272 g/mol. The van der Waals surface area contributed by atoms with Crippen molar-refractivity contribution < 1.29 is 4.52 Å². The molecule has 0 saturated heterocycles. The summed E-state index contributed by atoms with van der Waals surface area (Å²) >= 11 is 0. The first-order chi connectivity index (χ1) is 9.59. The molecule has 3 rings (SSSR count). The van der Waals surface area contributed by atoms with E-state index in [1.54, 1.807) is 0 Å². The Kier molecular flexibility index (Phi) is 2.67. The highest BCUT2D eigenvalue weighted by molar-refractivity contribution is 5.87. The highest BCUT2D eigenvalue weighted by Gasteiger charge is 2.18. The Hall–Kier alpha value is -2.83. The van der Waals surface area contributed by atoms with Crippen molar-refractivity contribution in [1.82, 2.24) is 14.3 Å². The van der Waals surface area contributed by atoms with E-state index in [2.05, 4.69) is 10.5 Å². The number of aryl methyl sites for hydroxylation is 1. The SMILES string of the molecule is Cn1c(=O)c2c(Nc3ccccc3)noc2n(C)c1=O. The topological polar surface area (TPSA) is 82.1 Å². The molecule has 0 amide bonds. The van der Waals surface area contributed by atoms with Crippen LogP contribution in [0.1, 0.15) is 0 Å². The molecule has 102 valence electrons. The molecule has 0 aliphatic carbocycles. The van der Waals surface area contributed by atoms with Gasteiger partial charge >= 0.3 is 5.69 Å². The van der Waals surface area contributed by atoms with E-state index in [1.807, 2.05) is 30.3 Å². The fourth-order valence-corrected chi connectivity index (χ4v) is 2.01. The third-order valence-corrected chi connectivity index (χ3v) is 3.11. The summed E-state index contributed by atoms with van der Waals surface area (Å²) in [5.74, 6) is 0.294. The molecular formula is C13H12N4O3. The van der Waals surface area contributed by atoms with E-state index in [0.717, 1.165) is 10.3 Å².